The Kier molecular flexibility index (Phi) is 8.04. The number of benzene rings is 3. The van der Waals surface area contributed by atoms with Crippen molar-refractivity contribution < 1.29 is 22.7 Å². The van der Waals surface area contributed by atoms with Crippen LogP contribution in [0.25, 0.3) is 10.9 Å². The van der Waals surface area contributed by atoms with Crippen LogP contribution in [-0.4, -0.2) is 66.5 Å². The molecule has 1 saturated heterocycles. The summed E-state index contributed by atoms with van der Waals surface area (Å²) in [5.74, 6) is -2.17. The topological polar surface area (TPSA) is 62.4 Å². The Bertz CT molecular complexity index is 1700. The van der Waals surface area contributed by atoms with Gasteiger partial charge >= 0.3 is 0 Å². The van der Waals surface area contributed by atoms with Gasteiger partial charge in [0.25, 0.3) is 0 Å². The van der Waals surface area contributed by atoms with Crippen LogP contribution in [0, 0.1) is 23.3 Å². The molecule has 0 unspecified atom stereocenters. The number of piperazine rings is 1. The first-order valence-electron chi connectivity index (χ1n) is 14.2. The van der Waals surface area contributed by atoms with E-state index in [1.54, 1.807) is 18.2 Å². The molecule has 11 heteroatoms. The molecule has 6 rings (SSSR count). The minimum absolute atomic E-state index is 0.00433. The Hall–Kier alpha value is -4.06. The van der Waals surface area contributed by atoms with Gasteiger partial charge in [0.15, 0.2) is 0 Å². The molecule has 0 radical (unpaired) electrons. The first kappa shape index (κ1) is 29.0. The van der Waals surface area contributed by atoms with E-state index in [4.69, 9.17) is 0 Å². The smallest absolute Gasteiger partial charge is 0.147 e. The van der Waals surface area contributed by atoms with Crippen molar-refractivity contribution in [2.45, 2.75) is 38.2 Å². The van der Waals surface area contributed by atoms with Crippen LogP contribution < -0.4 is 0 Å². The fourth-order valence-electron chi connectivity index (χ4n) is 6.12. The van der Waals surface area contributed by atoms with Crippen LogP contribution in [0.15, 0.2) is 79.5 Å². The molecular formula is C32H32F4N6O. The van der Waals surface area contributed by atoms with Crippen LogP contribution in [0.1, 0.15) is 23.6 Å². The van der Waals surface area contributed by atoms with E-state index >= 15 is 8.78 Å². The standard InChI is InChI=1S/C32H32F4N6O/c1-22(32(43,19-42-21-37-20-38-42)28-10-9-26(34)15-30(28)36)40-13-11-39(12-14-40)17-24-18-41(16-23-5-7-25(33)8-6-23)31-27(24)3-2-4-29(31)35/h2-10,15,18,20-22,43H,11-14,16-17,19H2,1H3/t22-,32-/m1/s1. The molecule has 0 saturated carbocycles. The van der Waals surface area contributed by atoms with Crippen LogP contribution in [0.5, 0.6) is 0 Å². The van der Waals surface area contributed by atoms with Gasteiger partial charge in [-0.2, -0.15) is 5.10 Å². The molecule has 0 amide bonds. The molecule has 3 aromatic carbocycles. The lowest BCUT2D eigenvalue weighted by Crippen LogP contribution is -2.57. The van der Waals surface area contributed by atoms with E-state index in [0.29, 0.717) is 44.8 Å². The first-order chi connectivity index (χ1) is 20.7. The van der Waals surface area contributed by atoms with Crippen LogP contribution in [0.2, 0.25) is 0 Å². The Morgan fingerprint density at radius 3 is 2.33 bits per heavy atom. The molecular weight excluding hydrogens is 560 g/mol. The van der Waals surface area contributed by atoms with Gasteiger partial charge < -0.3 is 9.67 Å². The molecule has 224 valence electrons. The summed E-state index contributed by atoms with van der Waals surface area (Å²) < 4.78 is 60.5. The minimum atomic E-state index is -1.71. The molecule has 1 N–H and O–H groups in total. The molecule has 0 bridgehead atoms. The van der Waals surface area contributed by atoms with Gasteiger partial charge in [-0.1, -0.05) is 30.3 Å². The molecule has 1 aliphatic heterocycles. The predicted molar refractivity (Wildman–Crippen MR) is 154 cm³/mol. The summed E-state index contributed by atoms with van der Waals surface area (Å²) in [6, 6.07) is 13.9. The Morgan fingerprint density at radius 1 is 0.884 bits per heavy atom. The van der Waals surface area contributed by atoms with Crippen molar-refractivity contribution in [2.75, 3.05) is 26.2 Å². The molecule has 43 heavy (non-hydrogen) atoms. The summed E-state index contributed by atoms with van der Waals surface area (Å²) in [5.41, 5.74) is 0.642. The number of nitrogens with zero attached hydrogens (tertiary/aromatic N) is 6. The normalized spacial score (nSPS) is 16.9. The lowest BCUT2D eigenvalue weighted by atomic mass is 9.85. The van der Waals surface area contributed by atoms with Crippen molar-refractivity contribution in [2.24, 2.45) is 0 Å². The molecule has 0 aliphatic carbocycles. The zero-order valence-corrected chi connectivity index (χ0v) is 23.7. The number of hydrogen-bond acceptors (Lipinski definition) is 5. The lowest BCUT2D eigenvalue weighted by Gasteiger charge is -2.45. The van der Waals surface area contributed by atoms with Crippen molar-refractivity contribution >= 4 is 10.9 Å². The zero-order chi connectivity index (χ0) is 30.1. The van der Waals surface area contributed by atoms with Crippen LogP contribution >= 0.6 is 0 Å². The highest BCUT2D eigenvalue weighted by molar-refractivity contribution is 5.84. The third-order valence-electron chi connectivity index (χ3n) is 8.50. The fourth-order valence-corrected chi connectivity index (χ4v) is 6.12. The van der Waals surface area contributed by atoms with Crippen molar-refractivity contribution in [3.8, 4) is 0 Å². The maximum Gasteiger partial charge on any atom is 0.147 e. The van der Waals surface area contributed by atoms with Crippen molar-refractivity contribution in [1.82, 2.24) is 29.1 Å². The van der Waals surface area contributed by atoms with E-state index < -0.39 is 23.3 Å². The second kappa shape index (κ2) is 11.9. The molecule has 7 nitrogen and oxygen atoms in total. The summed E-state index contributed by atoms with van der Waals surface area (Å²) in [6.07, 6.45) is 4.75. The van der Waals surface area contributed by atoms with Crippen LogP contribution in [0.3, 0.4) is 0 Å². The monoisotopic (exact) mass is 592 g/mol. The van der Waals surface area contributed by atoms with E-state index in [9.17, 15) is 13.9 Å². The number of halogens is 4. The second-order valence-electron chi connectivity index (χ2n) is 11.2. The molecule has 2 atom stereocenters. The number of aromatic nitrogens is 4. The fraction of sp³-hybridized carbons (Fsp3) is 0.312. The largest absolute Gasteiger partial charge is 0.381 e. The zero-order valence-electron chi connectivity index (χ0n) is 23.7. The van der Waals surface area contributed by atoms with E-state index in [1.165, 1.54) is 41.6 Å². The van der Waals surface area contributed by atoms with Crippen molar-refractivity contribution in [1.29, 1.82) is 0 Å². The van der Waals surface area contributed by atoms with Gasteiger partial charge in [-0.3, -0.25) is 9.80 Å². The Labute approximate surface area is 246 Å². The number of para-hydroxylation sites is 1. The summed E-state index contributed by atoms with van der Waals surface area (Å²) in [5, 5.41) is 16.9. The SMILES string of the molecule is C[C@@H](N1CCN(Cc2cn(Cc3ccc(F)cc3)c3c(F)cccc23)CC1)[C@](O)(Cn1cncn1)c1ccc(F)cc1F. The quantitative estimate of drug-likeness (QED) is 0.246. The molecule has 2 aromatic heterocycles. The summed E-state index contributed by atoms with van der Waals surface area (Å²) in [4.78, 5) is 8.30. The average molecular weight is 593 g/mol. The highest BCUT2D eigenvalue weighted by atomic mass is 19.1. The second-order valence-corrected chi connectivity index (χ2v) is 11.2. The maximum absolute atomic E-state index is 15.0. The summed E-state index contributed by atoms with van der Waals surface area (Å²) in [7, 11) is 0. The number of hydrogen-bond donors (Lipinski definition) is 1. The lowest BCUT2D eigenvalue weighted by molar-refractivity contribution is -0.0743. The molecule has 5 aromatic rings. The molecule has 1 fully saturated rings. The average Bonchev–Trinajstić information content (AvgIpc) is 3.62. The van der Waals surface area contributed by atoms with Crippen molar-refractivity contribution in [3.63, 3.8) is 0 Å². The van der Waals surface area contributed by atoms with E-state index in [1.807, 2.05) is 23.8 Å². The van der Waals surface area contributed by atoms with Gasteiger partial charge in [0.05, 0.1) is 12.1 Å². The van der Waals surface area contributed by atoms with Gasteiger partial charge in [-0.15, -0.1) is 0 Å². The van der Waals surface area contributed by atoms with E-state index in [0.717, 1.165) is 28.6 Å². The van der Waals surface area contributed by atoms with E-state index in [-0.39, 0.29) is 23.7 Å². The highest BCUT2D eigenvalue weighted by Crippen LogP contribution is 2.34. The Balaban J connectivity index is 1.19. The van der Waals surface area contributed by atoms with Crippen molar-refractivity contribution in [3.05, 3.63) is 119 Å². The number of fused-ring (bicyclic) bond motifs is 1. The molecule has 1 aliphatic rings. The van der Waals surface area contributed by atoms with Crippen LogP contribution in [-0.2, 0) is 25.2 Å². The van der Waals surface area contributed by atoms with Gasteiger partial charge in [0, 0.05) is 68.5 Å². The minimum Gasteiger partial charge on any atom is -0.381 e. The Morgan fingerprint density at radius 2 is 1.63 bits per heavy atom. The predicted octanol–water partition coefficient (Wildman–Crippen LogP) is 4.93. The van der Waals surface area contributed by atoms with Crippen LogP contribution in [0.4, 0.5) is 17.6 Å². The maximum atomic E-state index is 15.0. The first-order valence-corrected chi connectivity index (χ1v) is 14.2. The number of rotatable bonds is 9. The third-order valence-corrected chi connectivity index (χ3v) is 8.50. The highest BCUT2D eigenvalue weighted by Gasteiger charge is 2.42. The molecule has 3 heterocycles. The number of aliphatic hydroxyl groups is 1. The van der Waals surface area contributed by atoms with Gasteiger partial charge in [-0.25, -0.2) is 27.2 Å². The molecule has 0 spiro atoms. The summed E-state index contributed by atoms with van der Waals surface area (Å²) >= 11 is 0. The summed E-state index contributed by atoms with van der Waals surface area (Å²) in [6.45, 7) is 5.28. The van der Waals surface area contributed by atoms with Gasteiger partial charge in [0.1, 0.15) is 41.5 Å². The third kappa shape index (κ3) is 5.93. The van der Waals surface area contributed by atoms with Gasteiger partial charge in [-0.05, 0) is 42.3 Å². The van der Waals surface area contributed by atoms with E-state index in [2.05, 4.69) is 19.9 Å². The van der Waals surface area contributed by atoms with Gasteiger partial charge in [0.2, 0.25) is 0 Å².